The summed E-state index contributed by atoms with van der Waals surface area (Å²) in [6, 6.07) is 54.9. The summed E-state index contributed by atoms with van der Waals surface area (Å²) >= 11 is 0. The molecule has 2 heteroatoms. The summed E-state index contributed by atoms with van der Waals surface area (Å²) in [5.74, 6) is 0. The molecule has 0 atom stereocenters. The van der Waals surface area contributed by atoms with Crippen LogP contribution in [0, 0.1) is 13.8 Å². The maximum Gasteiger partial charge on any atom is 2.00 e. The number of benzene rings is 6. The van der Waals surface area contributed by atoms with Crippen molar-refractivity contribution in [2.24, 2.45) is 0 Å². The van der Waals surface area contributed by atoms with Gasteiger partial charge in [0.15, 0.2) is 0 Å². The van der Waals surface area contributed by atoms with E-state index in [9.17, 15) is 0 Å². The van der Waals surface area contributed by atoms with Crippen LogP contribution in [0.3, 0.4) is 0 Å². The number of hydrogen-bond donors (Lipinski definition) is 0. The number of aryl methyl sites for hydroxylation is 2. The first-order valence-corrected chi connectivity index (χ1v) is 24.9. The van der Waals surface area contributed by atoms with Gasteiger partial charge in [-0.3, -0.25) is 0 Å². The Bertz CT molecular complexity index is 2380. The zero-order valence-corrected chi connectivity index (χ0v) is 45.3. The van der Waals surface area contributed by atoms with E-state index < -0.39 is 0 Å². The van der Waals surface area contributed by atoms with Crippen LogP contribution < -0.4 is 0 Å². The van der Waals surface area contributed by atoms with Gasteiger partial charge in [-0.15, -0.1) is 44.8 Å². The molecule has 0 aliphatic heterocycles. The van der Waals surface area contributed by atoms with Crippen LogP contribution in [0.15, 0.2) is 146 Å². The Morgan fingerprint density at radius 3 is 0.750 bits per heavy atom. The van der Waals surface area contributed by atoms with E-state index in [0.717, 1.165) is 9.52 Å². The van der Waals surface area contributed by atoms with Gasteiger partial charge in [0.2, 0.25) is 0 Å². The van der Waals surface area contributed by atoms with E-state index in [4.69, 9.17) is 0 Å². The maximum atomic E-state index is 2.33. The SMILES string of the molecule is C[Si]C.Cc1cc2c(-c3ccc(C(C)(C)C)cc3)ccc(-c3ccc(C(C)(C)C)cc3)c2[cH-]1.Cc1cc2c(-c3ccc(C(C)(C)C)cc3)ccc(-c3ccc(C(C)(C)C)cc3)c2[cH-]1.[Zr+2]. The molecule has 0 aliphatic rings. The van der Waals surface area contributed by atoms with Crippen LogP contribution in [0.5, 0.6) is 0 Å². The van der Waals surface area contributed by atoms with Crippen molar-refractivity contribution in [1.82, 2.24) is 0 Å². The summed E-state index contributed by atoms with van der Waals surface area (Å²) in [5, 5.41) is 5.36. The second-order valence-electron chi connectivity index (χ2n) is 21.9. The zero-order chi connectivity index (χ0) is 46.1. The van der Waals surface area contributed by atoms with Gasteiger partial charge in [0.25, 0.3) is 0 Å². The second kappa shape index (κ2) is 20.0. The van der Waals surface area contributed by atoms with Crippen molar-refractivity contribution < 1.29 is 26.2 Å². The molecule has 8 rings (SSSR count). The Labute approximate surface area is 409 Å². The van der Waals surface area contributed by atoms with Gasteiger partial charge in [0.05, 0.1) is 0 Å². The van der Waals surface area contributed by atoms with Gasteiger partial charge < -0.3 is 0 Å². The Hall–Kier alpha value is -4.36. The van der Waals surface area contributed by atoms with E-state index >= 15 is 0 Å². The molecule has 0 aliphatic carbocycles. The van der Waals surface area contributed by atoms with Gasteiger partial charge in [0, 0.05) is 9.52 Å². The molecule has 0 bridgehead atoms. The minimum Gasteiger partial charge on any atom is -0.165 e. The summed E-state index contributed by atoms with van der Waals surface area (Å²) in [7, 11) is 1.08. The predicted octanol–water partition coefficient (Wildman–Crippen LogP) is 18.4. The van der Waals surface area contributed by atoms with Gasteiger partial charge in [-0.1, -0.05) is 265 Å². The summed E-state index contributed by atoms with van der Waals surface area (Å²) in [4.78, 5) is 0. The van der Waals surface area contributed by atoms with Gasteiger partial charge in [-0.25, -0.2) is 0 Å². The molecule has 8 aromatic rings. The van der Waals surface area contributed by atoms with Crippen LogP contribution in [0.2, 0.25) is 13.1 Å². The van der Waals surface area contributed by atoms with Crippen LogP contribution in [-0.2, 0) is 47.9 Å². The quantitative estimate of drug-likeness (QED) is 0.122. The molecule has 328 valence electrons. The van der Waals surface area contributed by atoms with Crippen molar-refractivity contribution in [2.45, 2.75) is 132 Å². The first kappa shape index (κ1) is 50.6. The Kier molecular flexibility index (Phi) is 15.8. The van der Waals surface area contributed by atoms with Crippen molar-refractivity contribution in [3.63, 3.8) is 0 Å². The Morgan fingerprint density at radius 2 is 0.531 bits per heavy atom. The molecule has 0 unspecified atom stereocenters. The molecule has 0 amide bonds. The van der Waals surface area contributed by atoms with E-state index in [0.29, 0.717) is 0 Å². The monoisotopic (exact) mass is 934 g/mol. The fourth-order valence-corrected chi connectivity index (χ4v) is 8.49. The van der Waals surface area contributed by atoms with E-state index in [2.05, 4.69) is 256 Å². The predicted molar refractivity (Wildman–Crippen MR) is 283 cm³/mol. The topological polar surface area (TPSA) is 0 Å². The maximum absolute atomic E-state index is 2.33. The van der Waals surface area contributed by atoms with Crippen LogP contribution in [0.25, 0.3) is 66.1 Å². The minimum absolute atomic E-state index is 0. The summed E-state index contributed by atoms with van der Waals surface area (Å²) in [5.41, 5.74) is 19.2. The first-order valence-electron chi connectivity index (χ1n) is 22.9. The Morgan fingerprint density at radius 1 is 0.328 bits per heavy atom. The van der Waals surface area contributed by atoms with E-state index in [1.807, 2.05) is 0 Å². The molecule has 0 N–H and O–H groups in total. The fraction of sp³-hybridized carbons (Fsp3) is 0.323. The average molecular weight is 937 g/mol. The van der Waals surface area contributed by atoms with Gasteiger partial charge in [0.1, 0.15) is 0 Å². The van der Waals surface area contributed by atoms with Crippen LogP contribution in [0.1, 0.15) is 116 Å². The molecule has 2 radical (unpaired) electrons. The number of hydrogen-bond acceptors (Lipinski definition) is 0. The second-order valence-corrected chi connectivity index (χ2v) is 22.9. The summed E-state index contributed by atoms with van der Waals surface area (Å²) in [6.07, 6.45) is 0. The largest absolute Gasteiger partial charge is 2.00 e. The third-order valence-corrected chi connectivity index (χ3v) is 12.3. The molecule has 0 fully saturated rings. The molecular weight excluding hydrogens is 864 g/mol. The average Bonchev–Trinajstić information content (AvgIpc) is 3.81. The number of fused-ring (bicyclic) bond motifs is 2. The van der Waals surface area contributed by atoms with E-state index in [1.165, 1.54) is 99.4 Å². The molecule has 0 spiro atoms. The smallest absolute Gasteiger partial charge is 0.165 e. The summed E-state index contributed by atoms with van der Waals surface area (Å²) in [6.45, 7) is 35.9. The molecule has 64 heavy (non-hydrogen) atoms. The zero-order valence-electron chi connectivity index (χ0n) is 41.9. The van der Waals surface area contributed by atoms with Gasteiger partial charge in [-0.05, 0) is 55.0 Å². The molecule has 0 saturated heterocycles. The third kappa shape index (κ3) is 11.7. The van der Waals surface area contributed by atoms with Crippen molar-refractivity contribution in [2.75, 3.05) is 0 Å². The van der Waals surface area contributed by atoms with Crippen LogP contribution >= 0.6 is 0 Å². The molecule has 8 aromatic carbocycles. The van der Waals surface area contributed by atoms with E-state index in [-0.39, 0.29) is 47.9 Å². The third-order valence-electron chi connectivity index (χ3n) is 12.3. The minimum atomic E-state index is 0. The van der Waals surface area contributed by atoms with Crippen molar-refractivity contribution >= 4 is 31.1 Å². The molecule has 0 saturated carbocycles. The van der Waals surface area contributed by atoms with Gasteiger partial charge in [-0.2, -0.15) is 12.1 Å². The first-order chi connectivity index (χ1) is 29.5. The number of rotatable bonds is 4. The fourth-order valence-electron chi connectivity index (χ4n) is 8.49. The van der Waals surface area contributed by atoms with E-state index in [1.54, 1.807) is 0 Å². The van der Waals surface area contributed by atoms with Gasteiger partial charge >= 0.3 is 26.2 Å². The molecule has 0 heterocycles. The summed E-state index contributed by atoms with van der Waals surface area (Å²) < 4.78 is 0. The normalized spacial score (nSPS) is 12.0. The molecular formula is C62H72SiZr. The van der Waals surface area contributed by atoms with Crippen molar-refractivity contribution in [3.8, 4) is 44.5 Å². The molecule has 0 nitrogen and oxygen atoms in total. The molecule has 0 aromatic heterocycles. The standard InChI is InChI=1S/2C30H33.C2H6Si.Zr/c2*1-20-18-27-25(21-8-12-23(13-9-21)29(2,3)4)16-17-26(28(27)19-20)22-10-14-24(15-11-22)30(5,6)7;1-3-2;/h2*8-19H,1-7H3;1-2H3;/q2*-1;;+2. The Balaban J connectivity index is 0.000000224. The van der Waals surface area contributed by atoms with Crippen molar-refractivity contribution in [1.29, 1.82) is 0 Å². The van der Waals surface area contributed by atoms with Crippen LogP contribution in [-0.4, -0.2) is 9.52 Å². The van der Waals surface area contributed by atoms with Crippen molar-refractivity contribution in [3.05, 3.63) is 179 Å². The van der Waals surface area contributed by atoms with Crippen LogP contribution in [0.4, 0.5) is 0 Å².